The number of unbranched alkanes of at least 4 members (excludes halogenated alkanes) is 4. The van der Waals surface area contributed by atoms with Crippen molar-refractivity contribution in [1.29, 1.82) is 0 Å². The van der Waals surface area contributed by atoms with Crippen LogP contribution in [-0.4, -0.2) is 56.9 Å². The van der Waals surface area contributed by atoms with Crippen LogP contribution in [0.3, 0.4) is 0 Å². The normalized spacial score (nSPS) is 26.8. The fraction of sp³-hybridized carbons (Fsp3) is 0.833. The fourth-order valence-corrected chi connectivity index (χ4v) is 2.90. The highest BCUT2D eigenvalue weighted by atomic mass is 16.5. The molecule has 1 heterocycles. The molecule has 1 aliphatic rings. The van der Waals surface area contributed by atoms with Crippen LogP contribution < -0.4 is 0 Å². The molecule has 0 aromatic carbocycles. The maximum atomic E-state index is 10.4. The second-order valence-electron chi connectivity index (χ2n) is 6.57. The van der Waals surface area contributed by atoms with E-state index in [1.165, 1.54) is 0 Å². The molecule has 6 heteroatoms. The molecule has 0 bridgehead atoms. The van der Waals surface area contributed by atoms with Gasteiger partial charge in [0, 0.05) is 12.8 Å². The second-order valence-corrected chi connectivity index (χ2v) is 6.57. The molecule has 0 spiro atoms. The van der Waals surface area contributed by atoms with E-state index in [1.54, 1.807) is 12.2 Å². The monoisotopic (exact) mass is 344 g/mol. The Kier molecular flexibility index (Phi) is 10.2. The van der Waals surface area contributed by atoms with Gasteiger partial charge in [0.2, 0.25) is 0 Å². The Bertz CT molecular complexity index is 384. The summed E-state index contributed by atoms with van der Waals surface area (Å²) in [5, 5.41) is 38.2. The van der Waals surface area contributed by atoms with Crippen molar-refractivity contribution < 1.29 is 30.0 Å². The molecule has 0 aromatic heterocycles. The smallest absolute Gasteiger partial charge is 0.303 e. The molecule has 24 heavy (non-hydrogen) atoms. The molecule has 0 aliphatic carbocycles. The van der Waals surface area contributed by atoms with Crippen LogP contribution in [0, 0.1) is 0 Å². The van der Waals surface area contributed by atoms with Gasteiger partial charge in [-0.2, -0.15) is 0 Å². The van der Waals surface area contributed by atoms with Crippen LogP contribution in [0.1, 0.15) is 64.7 Å². The highest BCUT2D eigenvalue weighted by Crippen LogP contribution is 2.25. The molecule has 140 valence electrons. The third-order valence-corrected chi connectivity index (χ3v) is 4.45. The molecular weight excluding hydrogens is 312 g/mol. The van der Waals surface area contributed by atoms with E-state index in [0.717, 1.165) is 25.7 Å². The molecule has 1 fully saturated rings. The number of aliphatic carboxylic acids is 1. The van der Waals surface area contributed by atoms with Gasteiger partial charge in [-0.3, -0.25) is 4.79 Å². The van der Waals surface area contributed by atoms with E-state index in [-0.39, 0.29) is 12.5 Å². The average Bonchev–Trinajstić information content (AvgIpc) is 2.92. The maximum absolute atomic E-state index is 10.4. The zero-order valence-corrected chi connectivity index (χ0v) is 14.5. The highest BCUT2D eigenvalue weighted by molar-refractivity contribution is 5.66. The molecule has 1 saturated heterocycles. The van der Waals surface area contributed by atoms with E-state index in [4.69, 9.17) is 9.84 Å². The van der Waals surface area contributed by atoms with Crippen molar-refractivity contribution in [2.75, 3.05) is 0 Å². The summed E-state index contributed by atoms with van der Waals surface area (Å²) in [6, 6.07) is 0. The van der Waals surface area contributed by atoms with Gasteiger partial charge in [-0.05, 0) is 19.3 Å². The maximum Gasteiger partial charge on any atom is 0.303 e. The van der Waals surface area contributed by atoms with Crippen LogP contribution in [0.25, 0.3) is 0 Å². The van der Waals surface area contributed by atoms with Crippen LogP contribution in [0.4, 0.5) is 0 Å². The summed E-state index contributed by atoms with van der Waals surface area (Å²) in [5.74, 6) is -0.749. The predicted octanol–water partition coefficient (Wildman–Crippen LogP) is 2.01. The Morgan fingerprint density at radius 2 is 1.88 bits per heavy atom. The first-order valence-corrected chi connectivity index (χ1v) is 9.03. The van der Waals surface area contributed by atoms with Crippen LogP contribution in [0.15, 0.2) is 12.2 Å². The number of ether oxygens (including phenoxy) is 1. The molecule has 0 unspecified atom stereocenters. The van der Waals surface area contributed by atoms with Gasteiger partial charge in [0.15, 0.2) is 0 Å². The molecule has 1 aliphatic heterocycles. The average molecular weight is 344 g/mol. The first-order chi connectivity index (χ1) is 11.4. The van der Waals surface area contributed by atoms with Crippen molar-refractivity contribution in [1.82, 2.24) is 0 Å². The number of carboxylic acid groups (broad SMARTS) is 1. The number of carboxylic acids is 1. The summed E-state index contributed by atoms with van der Waals surface area (Å²) in [6.07, 6.45) is 7.04. The lowest BCUT2D eigenvalue weighted by Gasteiger charge is -2.16. The Balaban J connectivity index is 2.15. The van der Waals surface area contributed by atoms with E-state index < -0.39 is 30.4 Å². The summed E-state index contributed by atoms with van der Waals surface area (Å²) in [4.78, 5) is 10.4. The molecule has 4 N–H and O–H groups in total. The molecule has 1 rings (SSSR count). The molecule has 5 atom stereocenters. The number of aliphatic hydroxyl groups is 3. The standard InChI is InChI=1S/C18H32O6/c1-2-14(20)17-12-15(21)16(24-17)11-10-13(19)8-6-4-3-5-7-9-18(22)23/h10-11,13-17,19-21H,2-9,12H2,1H3,(H,22,23)/b11-10+/t13-,14+,15-,16+,17+/m1/s1. The topological polar surface area (TPSA) is 107 Å². The number of hydrogen-bond acceptors (Lipinski definition) is 5. The summed E-state index contributed by atoms with van der Waals surface area (Å²) in [7, 11) is 0. The van der Waals surface area contributed by atoms with Crippen LogP contribution in [-0.2, 0) is 9.53 Å². The van der Waals surface area contributed by atoms with Gasteiger partial charge in [-0.1, -0.05) is 44.8 Å². The first kappa shape index (κ1) is 21.1. The molecular formula is C18H32O6. The summed E-state index contributed by atoms with van der Waals surface area (Å²) in [6.45, 7) is 1.87. The largest absolute Gasteiger partial charge is 0.481 e. The van der Waals surface area contributed by atoms with Gasteiger partial charge < -0.3 is 25.2 Å². The summed E-state index contributed by atoms with van der Waals surface area (Å²) in [5.41, 5.74) is 0. The minimum absolute atomic E-state index is 0.225. The van der Waals surface area contributed by atoms with Gasteiger partial charge in [-0.25, -0.2) is 0 Å². The van der Waals surface area contributed by atoms with Crippen molar-refractivity contribution >= 4 is 5.97 Å². The van der Waals surface area contributed by atoms with Crippen molar-refractivity contribution in [3.8, 4) is 0 Å². The Labute approximate surface area is 144 Å². The minimum atomic E-state index is -0.749. The fourth-order valence-electron chi connectivity index (χ4n) is 2.90. The summed E-state index contributed by atoms with van der Waals surface area (Å²) >= 11 is 0. The van der Waals surface area contributed by atoms with Gasteiger partial charge in [0.25, 0.3) is 0 Å². The van der Waals surface area contributed by atoms with E-state index in [2.05, 4.69) is 0 Å². The van der Waals surface area contributed by atoms with Crippen molar-refractivity contribution in [3.05, 3.63) is 12.2 Å². The Morgan fingerprint density at radius 1 is 1.21 bits per heavy atom. The molecule has 0 amide bonds. The number of aliphatic hydroxyl groups excluding tert-OH is 3. The molecule has 6 nitrogen and oxygen atoms in total. The van der Waals surface area contributed by atoms with Crippen LogP contribution >= 0.6 is 0 Å². The van der Waals surface area contributed by atoms with Crippen molar-refractivity contribution in [3.63, 3.8) is 0 Å². The van der Waals surface area contributed by atoms with Crippen LogP contribution in [0.5, 0.6) is 0 Å². The third kappa shape index (κ3) is 8.24. The van der Waals surface area contributed by atoms with E-state index >= 15 is 0 Å². The predicted molar refractivity (Wildman–Crippen MR) is 90.7 cm³/mol. The van der Waals surface area contributed by atoms with E-state index in [9.17, 15) is 20.1 Å². The quantitative estimate of drug-likeness (QED) is 0.319. The van der Waals surface area contributed by atoms with Crippen LogP contribution in [0.2, 0.25) is 0 Å². The number of carbonyl (C=O) groups is 1. The van der Waals surface area contributed by atoms with E-state index in [1.807, 2.05) is 6.92 Å². The lowest BCUT2D eigenvalue weighted by atomic mass is 10.0. The van der Waals surface area contributed by atoms with Gasteiger partial charge >= 0.3 is 5.97 Å². The SMILES string of the molecule is CC[C@H](O)[C@@H]1C[C@@H](O)[C@H](/C=C/[C@H](O)CCCCCCCC(=O)O)O1. The summed E-state index contributed by atoms with van der Waals surface area (Å²) < 4.78 is 5.62. The molecule has 0 radical (unpaired) electrons. The third-order valence-electron chi connectivity index (χ3n) is 4.45. The van der Waals surface area contributed by atoms with Gasteiger partial charge in [0.05, 0.1) is 24.4 Å². The highest BCUT2D eigenvalue weighted by Gasteiger charge is 2.35. The van der Waals surface area contributed by atoms with Crippen molar-refractivity contribution in [2.45, 2.75) is 95.2 Å². The zero-order chi connectivity index (χ0) is 17.9. The second kappa shape index (κ2) is 11.6. The Morgan fingerprint density at radius 3 is 2.54 bits per heavy atom. The van der Waals surface area contributed by atoms with E-state index in [0.29, 0.717) is 25.7 Å². The number of rotatable bonds is 12. The molecule has 0 aromatic rings. The number of hydrogen-bond donors (Lipinski definition) is 4. The Hall–Kier alpha value is -0.950. The lowest BCUT2D eigenvalue weighted by molar-refractivity contribution is -0.137. The zero-order valence-electron chi connectivity index (χ0n) is 14.5. The minimum Gasteiger partial charge on any atom is -0.481 e. The van der Waals surface area contributed by atoms with Gasteiger partial charge in [0.1, 0.15) is 6.10 Å². The first-order valence-electron chi connectivity index (χ1n) is 9.03. The van der Waals surface area contributed by atoms with Crippen molar-refractivity contribution in [2.24, 2.45) is 0 Å². The molecule has 0 saturated carbocycles. The van der Waals surface area contributed by atoms with Gasteiger partial charge in [-0.15, -0.1) is 0 Å². The lowest BCUT2D eigenvalue weighted by Crippen LogP contribution is -2.25.